The highest BCUT2D eigenvalue weighted by atomic mass is 16.1. The molecule has 0 radical (unpaired) electrons. The molecule has 1 unspecified atom stereocenters. The molecule has 0 aliphatic heterocycles. The van der Waals surface area contributed by atoms with Gasteiger partial charge < -0.3 is 5.32 Å². The van der Waals surface area contributed by atoms with Gasteiger partial charge >= 0.3 is 0 Å². The molecule has 0 saturated carbocycles. The van der Waals surface area contributed by atoms with Crippen LogP contribution in [0, 0.1) is 0 Å². The van der Waals surface area contributed by atoms with Crippen molar-refractivity contribution in [3.8, 4) is 0 Å². The molecule has 0 fully saturated rings. The molecule has 0 aliphatic carbocycles. The average molecular weight is 141 g/mol. The van der Waals surface area contributed by atoms with Crippen molar-refractivity contribution < 1.29 is 4.79 Å². The van der Waals surface area contributed by atoms with Crippen molar-refractivity contribution in [2.24, 2.45) is 0 Å². The lowest BCUT2D eigenvalue weighted by Crippen LogP contribution is -2.29. The smallest absolute Gasteiger partial charge is 0.168 e. The third-order valence-electron chi connectivity index (χ3n) is 1.46. The second kappa shape index (κ2) is 5.18. The summed E-state index contributed by atoms with van der Waals surface area (Å²) in [5, 5.41) is 3.06. The molecule has 1 N–H and O–H groups in total. The molecule has 0 aromatic carbocycles. The third-order valence-corrected chi connectivity index (χ3v) is 1.46. The Morgan fingerprint density at radius 1 is 1.80 bits per heavy atom. The fourth-order valence-electron chi connectivity index (χ4n) is 0.491. The van der Waals surface area contributed by atoms with Crippen molar-refractivity contribution >= 4 is 5.78 Å². The number of ketones is 1. The van der Waals surface area contributed by atoms with E-state index in [-0.39, 0.29) is 5.78 Å². The number of rotatable bonds is 5. The molecule has 0 aliphatic rings. The minimum absolute atomic E-state index is 0.0558. The lowest BCUT2D eigenvalue weighted by Gasteiger charge is -2.08. The van der Waals surface area contributed by atoms with Crippen LogP contribution in [0.4, 0.5) is 0 Å². The SMILES string of the molecule is C=CC(=O)CNC(C)CC. The summed E-state index contributed by atoms with van der Waals surface area (Å²) < 4.78 is 0. The zero-order valence-corrected chi connectivity index (χ0v) is 6.68. The summed E-state index contributed by atoms with van der Waals surface area (Å²) in [5.74, 6) is 0.0558. The van der Waals surface area contributed by atoms with Gasteiger partial charge in [0.2, 0.25) is 0 Å². The van der Waals surface area contributed by atoms with Crippen LogP contribution in [0.1, 0.15) is 20.3 Å². The Kier molecular flexibility index (Phi) is 4.85. The van der Waals surface area contributed by atoms with E-state index in [0.717, 1.165) is 6.42 Å². The maximum atomic E-state index is 10.7. The number of hydrogen-bond donors (Lipinski definition) is 1. The van der Waals surface area contributed by atoms with Gasteiger partial charge in [-0.2, -0.15) is 0 Å². The Balaban J connectivity index is 3.34. The van der Waals surface area contributed by atoms with Gasteiger partial charge in [0.15, 0.2) is 5.78 Å². The molecular formula is C8H15NO. The van der Waals surface area contributed by atoms with Crippen molar-refractivity contribution in [1.82, 2.24) is 5.32 Å². The second-order valence-electron chi connectivity index (χ2n) is 2.36. The summed E-state index contributed by atoms with van der Waals surface area (Å²) in [5.41, 5.74) is 0. The van der Waals surface area contributed by atoms with Crippen LogP contribution in [0.5, 0.6) is 0 Å². The monoisotopic (exact) mass is 141 g/mol. The maximum absolute atomic E-state index is 10.7. The molecule has 0 amide bonds. The summed E-state index contributed by atoms with van der Waals surface area (Å²) in [6, 6.07) is 0.420. The molecule has 0 spiro atoms. The van der Waals surface area contributed by atoms with Crippen LogP contribution in [0.25, 0.3) is 0 Å². The molecule has 0 bridgehead atoms. The summed E-state index contributed by atoms with van der Waals surface area (Å²) in [6.45, 7) is 7.92. The highest BCUT2D eigenvalue weighted by Crippen LogP contribution is 1.86. The summed E-state index contributed by atoms with van der Waals surface area (Å²) in [6.07, 6.45) is 2.39. The lowest BCUT2D eigenvalue weighted by molar-refractivity contribution is -0.113. The van der Waals surface area contributed by atoms with Gasteiger partial charge in [-0.1, -0.05) is 13.5 Å². The van der Waals surface area contributed by atoms with E-state index in [4.69, 9.17) is 0 Å². The van der Waals surface area contributed by atoms with Crippen molar-refractivity contribution in [3.05, 3.63) is 12.7 Å². The Bertz CT molecular complexity index is 120. The third kappa shape index (κ3) is 4.27. The van der Waals surface area contributed by atoms with Crippen molar-refractivity contribution in [1.29, 1.82) is 0 Å². The topological polar surface area (TPSA) is 29.1 Å². The molecule has 0 rings (SSSR count). The normalized spacial score (nSPS) is 12.6. The zero-order chi connectivity index (χ0) is 7.98. The summed E-state index contributed by atoms with van der Waals surface area (Å²) in [4.78, 5) is 10.7. The Morgan fingerprint density at radius 2 is 2.40 bits per heavy atom. The van der Waals surface area contributed by atoms with Gasteiger partial charge in [-0.05, 0) is 19.4 Å². The minimum Gasteiger partial charge on any atom is -0.307 e. The molecule has 10 heavy (non-hydrogen) atoms. The van der Waals surface area contributed by atoms with Crippen LogP contribution in [-0.4, -0.2) is 18.4 Å². The Labute approximate surface area is 62.3 Å². The van der Waals surface area contributed by atoms with Gasteiger partial charge in [-0.15, -0.1) is 0 Å². The molecule has 0 heterocycles. The van der Waals surface area contributed by atoms with Crippen LogP contribution < -0.4 is 5.32 Å². The molecular weight excluding hydrogens is 126 g/mol. The van der Waals surface area contributed by atoms with Crippen LogP contribution in [-0.2, 0) is 4.79 Å². The lowest BCUT2D eigenvalue weighted by atomic mass is 10.2. The first kappa shape index (κ1) is 9.37. The van der Waals surface area contributed by atoms with Crippen LogP contribution in [0.2, 0.25) is 0 Å². The van der Waals surface area contributed by atoms with E-state index in [1.54, 1.807) is 0 Å². The predicted molar refractivity (Wildman–Crippen MR) is 43.0 cm³/mol. The van der Waals surface area contributed by atoms with E-state index in [2.05, 4.69) is 25.7 Å². The largest absolute Gasteiger partial charge is 0.307 e. The van der Waals surface area contributed by atoms with Crippen LogP contribution in [0.15, 0.2) is 12.7 Å². The average Bonchev–Trinajstić information content (AvgIpc) is 1.99. The van der Waals surface area contributed by atoms with E-state index in [1.165, 1.54) is 6.08 Å². The van der Waals surface area contributed by atoms with E-state index < -0.39 is 0 Å². The second-order valence-corrected chi connectivity index (χ2v) is 2.36. The van der Waals surface area contributed by atoms with Crippen molar-refractivity contribution in [2.45, 2.75) is 26.3 Å². The molecule has 2 nitrogen and oxygen atoms in total. The Hall–Kier alpha value is -0.630. The molecule has 58 valence electrons. The fraction of sp³-hybridized carbons (Fsp3) is 0.625. The molecule has 0 aromatic rings. The van der Waals surface area contributed by atoms with Crippen LogP contribution in [0.3, 0.4) is 0 Å². The molecule has 0 saturated heterocycles. The zero-order valence-electron chi connectivity index (χ0n) is 6.68. The number of carbonyl (C=O) groups is 1. The fourth-order valence-corrected chi connectivity index (χ4v) is 0.491. The number of carbonyl (C=O) groups excluding carboxylic acids is 1. The van der Waals surface area contributed by atoms with E-state index in [9.17, 15) is 4.79 Å². The molecule has 2 heteroatoms. The van der Waals surface area contributed by atoms with Gasteiger partial charge in [-0.3, -0.25) is 4.79 Å². The van der Waals surface area contributed by atoms with Gasteiger partial charge in [0.1, 0.15) is 0 Å². The van der Waals surface area contributed by atoms with Crippen LogP contribution >= 0.6 is 0 Å². The highest BCUT2D eigenvalue weighted by molar-refractivity contribution is 5.90. The molecule has 0 aromatic heterocycles. The van der Waals surface area contributed by atoms with Gasteiger partial charge in [0.05, 0.1) is 6.54 Å². The first-order valence-electron chi connectivity index (χ1n) is 3.59. The summed E-state index contributed by atoms with van der Waals surface area (Å²) >= 11 is 0. The van der Waals surface area contributed by atoms with Crippen molar-refractivity contribution in [2.75, 3.05) is 6.54 Å². The first-order valence-corrected chi connectivity index (χ1v) is 3.59. The van der Waals surface area contributed by atoms with E-state index >= 15 is 0 Å². The standard InChI is InChI=1S/C8H15NO/c1-4-7(3)9-6-8(10)5-2/h5,7,9H,2,4,6H2,1,3H3. The first-order chi connectivity index (χ1) is 4.70. The predicted octanol–water partition coefficient (Wildman–Crippen LogP) is 1.13. The summed E-state index contributed by atoms with van der Waals surface area (Å²) in [7, 11) is 0. The van der Waals surface area contributed by atoms with Crippen molar-refractivity contribution in [3.63, 3.8) is 0 Å². The molecule has 1 atom stereocenters. The highest BCUT2D eigenvalue weighted by Gasteiger charge is 1.98. The quantitative estimate of drug-likeness (QED) is 0.581. The number of nitrogens with one attached hydrogen (secondary N) is 1. The van der Waals surface area contributed by atoms with E-state index in [0.29, 0.717) is 12.6 Å². The van der Waals surface area contributed by atoms with Gasteiger partial charge in [0.25, 0.3) is 0 Å². The Morgan fingerprint density at radius 3 is 2.80 bits per heavy atom. The number of hydrogen-bond acceptors (Lipinski definition) is 2. The maximum Gasteiger partial charge on any atom is 0.168 e. The van der Waals surface area contributed by atoms with E-state index in [1.807, 2.05) is 0 Å². The minimum atomic E-state index is 0.0558. The van der Waals surface area contributed by atoms with Gasteiger partial charge in [0, 0.05) is 6.04 Å². The van der Waals surface area contributed by atoms with Gasteiger partial charge in [-0.25, -0.2) is 0 Å².